The standard InChI is InChI=1S/C17H29N/c1-6-7-13(2)11-17(18-5)12-16-10-14(3)8-9-15(16)4/h8-10,13,17-18H,6-7,11-12H2,1-5H3. The Morgan fingerprint density at radius 3 is 2.56 bits per heavy atom. The summed E-state index contributed by atoms with van der Waals surface area (Å²) in [6.07, 6.45) is 5.06. The van der Waals surface area contributed by atoms with Gasteiger partial charge in [-0.05, 0) is 50.8 Å². The van der Waals surface area contributed by atoms with Gasteiger partial charge in [-0.15, -0.1) is 0 Å². The maximum absolute atomic E-state index is 3.49. The molecule has 18 heavy (non-hydrogen) atoms. The summed E-state index contributed by atoms with van der Waals surface area (Å²) in [7, 11) is 2.09. The number of benzene rings is 1. The van der Waals surface area contributed by atoms with Crippen LogP contribution >= 0.6 is 0 Å². The van der Waals surface area contributed by atoms with E-state index in [4.69, 9.17) is 0 Å². The Morgan fingerprint density at radius 2 is 1.94 bits per heavy atom. The number of likely N-dealkylation sites (N-methyl/N-ethyl adjacent to an activating group) is 1. The van der Waals surface area contributed by atoms with Gasteiger partial charge in [0.15, 0.2) is 0 Å². The van der Waals surface area contributed by atoms with Gasteiger partial charge in [0.1, 0.15) is 0 Å². The summed E-state index contributed by atoms with van der Waals surface area (Å²) in [5.41, 5.74) is 4.29. The molecule has 1 nitrogen and oxygen atoms in total. The average Bonchev–Trinajstić information content (AvgIpc) is 2.33. The van der Waals surface area contributed by atoms with Crippen molar-refractivity contribution in [2.75, 3.05) is 7.05 Å². The van der Waals surface area contributed by atoms with Gasteiger partial charge in [0, 0.05) is 6.04 Å². The first-order valence-electron chi connectivity index (χ1n) is 7.30. The van der Waals surface area contributed by atoms with Crippen LogP contribution in [0.4, 0.5) is 0 Å². The summed E-state index contributed by atoms with van der Waals surface area (Å²) >= 11 is 0. The normalized spacial score (nSPS) is 14.5. The monoisotopic (exact) mass is 247 g/mol. The van der Waals surface area contributed by atoms with E-state index < -0.39 is 0 Å². The van der Waals surface area contributed by atoms with E-state index in [1.54, 1.807) is 0 Å². The summed E-state index contributed by atoms with van der Waals surface area (Å²) in [5.74, 6) is 0.817. The lowest BCUT2D eigenvalue weighted by Gasteiger charge is -2.21. The van der Waals surface area contributed by atoms with Crippen molar-refractivity contribution in [1.82, 2.24) is 5.32 Å². The van der Waals surface area contributed by atoms with E-state index in [0.717, 1.165) is 12.3 Å². The van der Waals surface area contributed by atoms with E-state index in [2.05, 4.69) is 58.3 Å². The minimum atomic E-state index is 0.604. The predicted octanol–water partition coefficient (Wildman–Crippen LogP) is 4.26. The molecule has 2 unspecified atom stereocenters. The Morgan fingerprint density at radius 1 is 1.22 bits per heavy atom. The molecule has 1 heteroatoms. The highest BCUT2D eigenvalue weighted by Crippen LogP contribution is 2.18. The molecule has 0 aromatic heterocycles. The van der Waals surface area contributed by atoms with Crippen LogP contribution in [0.15, 0.2) is 18.2 Å². The summed E-state index contributed by atoms with van der Waals surface area (Å²) in [6.45, 7) is 9.04. The molecule has 0 bridgehead atoms. The van der Waals surface area contributed by atoms with Crippen molar-refractivity contribution in [3.63, 3.8) is 0 Å². The molecule has 0 aliphatic carbocycles. The molecule has 1 aromatic rings. The Labute approximate surface area is 113 Å². The highest BCUT2D eigenvalue weighted by Gasteiger charge is 2.13. The fourth-order valence-corrected chi connectivity index (χ4v) is 2.69. The van der Waals surface area contributed by atoms with Gasteiger partial charge in [-0.3, -0.25) is 0 Å². The quantitative estimate of drug-likeness (QED) is 0.759. The maximum Gasteiger partial charge on any atom is 0.0107 e. The fourth-order valence-electron chi connectivity index (χ4n) is 2.69. The number of rotatable bonds is 7. The molecule has 0 amide bonds. The van der Waals surface area contributed by atoms with Gasteiger partial charge >= 0.3 is 0 Å². The summed E-state index contributed by atoms with van der Waals surface area (Å²) < 4.78 is 0. The zero-order valence-electron chi connectivity index (χ0n) is 12.7. The van der Waals surface area contributed by atoms with E-state index in [0.29, 0.717) is 6.04 Å². The van der Waals surface area contributed by atoms with Crippen LogP contribution in [0, 0.1) is 19.8 Å². The topological polar surface area (TPSA) is 12.0 Å². The number of nitrogens with one attached hydrogen (secondary N) is 1. The maximum atomic E-state index is 3.49. The molecule has 2 atom stereocenters. The lowest BCUT2D eigenvalue weighted by molar-refractivity contribution is 0.397. The van der Waals surface area contributed by atoms with Crippen molar-refractivity contribution in [3.05, 3.63) is 34.9 Å². The van der Waals surface area contributed by atoms with Gasteiger partial charge in [0.25, 0.3) is 0 Å². The van der Waals surface area contributed by atoms with E-state index in [-0.39, 0.29) is 0 Å². The smallest absolute Gasteiger partial charge is 0.0107 e. The third kappa shape index (κ3) is 4.81. The van der Waals surface area contributed by atoms with E-state index >= 15 is 0 Å². The molecular weight excluding hydrogens is 218 g/mol. The second-order valence-electron chi connectivity index (χ2n) is 5.75. The molecule has 102 valence electrons. The second kappa shape index (κ2) is 7.58. The third-order valence-corrected chi connectivity index (χ3v) is 3.85. The van der Waals surface area contributed by atoms with Crippen molar-refractivity contribution >= 4 is 0 Å². The Bertz CT molecular complexity index is 357. The van der Waals surface area contributed by atoms with Gasteiger partial charge in [-0.2, -0.15) is 0 Å². The van der Waals surface area contributed by atoms with Crippen LogP contribution in [0.5, 0.6) is 0 Å². The molecule has 0 radical (unpaired) electrons. The molecule has 0 saturated carbocycles. The SMILES string of the molecule is CCCC(C)CC(Cc1cc(C)ccc1C)NC. The van der Waals surface area contributed by atoms with Crippen LogP contribution in [-0.2, 0) is 6.42 Å². The van der Waals surface area contributed by atoms with Crippen molar-refractivity contribution in [2.24, 2.45) is 5.92 Å². The van der Waals surface area contributed by atoms with E-state index in [1.807, 2.05) is 0 Å². The number of hydrogen-bond donors (Lipinski definition) is 1. The van der Waals surface area contributed by atoms with Gasteiger partial charge in [-0.25, -0.2) is 0 Å². The Hall–Kier alpha value is -0.820. The van der Waals surface area contributed by atoms with Crippen LogP contribution in [0.25, 0.3) is 0 Å². The number of hydrogen-bond acceptors (Lipinski definition) is 1. The van der Waals surface area contributed by atoms with Crippen LogP contribution in [-0.4, -0.2) is 13.1 Å². The Kier molecular flexibility index (Phi) is 6.42. The van der Waals surface area contributed by atoms with Crippen molar-refractivity contribution < 1.29 is 0 Å². The van der Waals surface area contributed by atoms with Gasteiger partial charge in [0.05, 0.1) is 0 Å². The van der Waals surface area contributed by atoms with Crippen molar-refractivity contribution in [2.45, 2.75) is 59.4 Å². The van der Waals surface area contributed by atoms with Gasteiger partial charge in [0.2, 0.25) is 0 Å². The minimum absolute atomic E-state index is 0.604. The lowest BCUT2D eigenvalue weighted by atomic mass is 9.91. The zero-order chi connectivity index (χ0) is 13.5. The first kappa shape index (κ1) is 15.2. The molecule has 0 fully saturated rings. The average molecular weight is 247 g/mol. The van der Waals surface area contributed by atoms with Crippen molar-refractivity contribution in [3.8, 4) is 0 Å². The van der Waals surface area contributed by atoms with Crippen LogP contribution < -0.4 is 5.32 Å². The highest BCUT2D eigenvalue weighted by molar-refractivity contribution is 5.31. The molecule has 0 aliphatic rings. The second-order valence-corrected chi connectivity index (χ2v) is 5.75. The molecule has 0 heterocycles. The largest absolute Gasteiger partial charge is 0.317 e. The predicted molar refractivity (Wildman–Crippen MR) is 81.2 cm³/mol. The molecule has 1 rings (SSSR count). The molecule has 0 spiro atoms. The van der Waals surface area contributed by atoms with Crippen molar-refractivity contribution in [1.29, 1.82) is 0 Å². The lowest BCUT2D eigenvalue weighted by Crippen LogP contribution is -2.29. The van der Waals surface area contributed by atoms with Gasteiger partial charge < -0.3 is 5.32 Å². The first-order chi connectivity index (χ1) is 8.56. The molecule has 1 N–H and O–H groups in total. The zero-order valence-corrected chi connectivity index (χ0v) is 12.7. The summed E-state index contributed by atoms with van der Waals surface area (Å²) in [6, 6.07) is 7.39. The van der Waals surface area contributed by atoms with Crippen LogP contribution in [0.1, 0.15) is 49.8 Å². The van der Waals surface area contributed by atoms with Crippen LogP contribution in [0.3, 0.4) is 0 Å². The van der Waals surface area contributed by atoms with E-state index in [9.17, 15) is 0 Å². The minimum Gasteiger partial charge on any atom is -0.317 e. The molecule has 1 aromatic carbocycles. The molecule has 0 aliphatic heterocycles. The van der Waals surface area contributed by atoms with E-state index in [1.165, 1.54) is 36.0 Å². The molecular formula is C17H29N. The highest BCUT2D eigenvalue weighted by atomic mass is 14.9. The number of aryl methyl sites for hydroxylation is 2. The fraction of sp³-hybridized carbons (Fsp3) is 0.647. The van der Waals surface area contributed by atoms with Gasteiger partial charge in [-0.1, -0.05) is 50.5 Å². The third-order valence-electron chi connectivity index (χ3n) is 3.85. The Balaban J connectivity index is 2.64. The first-order valence-corrected chi connectivity index (χ1v) is 7.30. The summed E-state index contributed by atoms with van der Waals surface area (Å²) in [5, 5.41) is 3.49. The molecule has 0 saturated heterocycles. The van der Waals surface area contributed by atoms with Crippen LogP contribution in [0.2, 0.25) is 0 Å². The summed E-state index contributed by atoms with van der Waals surface area (Å²) in [4.78, 5) is 0.